The zero-order valence-corrected chi connectivity index (χ0v) is 17.1. The lowest BCUT2D eigenvalue weighted by Crippen LogP contribution is -2.48. The quantitative estimate of drug-likeness (QED) is 0.730. The number of nitrogens with zero attached hydrogens (tertiary/aromatic N) is 1. The summed E-state index contributed by atoms with van der Waals surface area (Å²) >= 11 is 0. The van der Waals surface area contributed by atoms with Crippen LogP contribution in [0.2, 0.25) is 0 Å². The molecule has 0 saturated heterocycles. The molecule has 0 aliphatic carbocycles. The summed E-state index contributed by atoms with van der Waals surface area (Å²) < 4.78 is 5.32. The minimum atomic E-state index is -0.981. The second-order valence-electron chi connectivity index (χ2n) is 7.53. The molecule has 0 saturated carbocycles. The third kappa shape index (κ3) is 6.34. The molecule has 0 heterocycles. The van der Waals surface area contributed by atoms with Gasteiger partial charge >= 0.3 is 12.1 Å². The van der Waals surface area contributed by atoms with Crippen molar-refractivity contribution in [3.8, 4) is 11.1 Å². The van der Waals surface area contributed by atoms with Gasteiger partial charge in [0.2, 0.25) is 0 Å². The molecule has 0 aromatic heterocycles. The maximum Gasteiger partial charge on any atom is 0.429 e. The average molecular weight is 398 g/mol. The van der Waals surface area contributed by atoms with Crippen LogP contribution in [0.5, 0.6) is 0 Å². The Labute approximate surface area is 170 Å². The van der Waals surface area contributed by atoms with E-state index in [9.17, 15) is 14.4 Å². The van der Waals surface area contributed by atoms with Crippen LogP contribution in [0.4, 0.5) is 4.79 Å². The largest absolute Gasteiger partial charge is 0.478 e. The van der Waals surface area contributed by atoms with Gasteiger partial charge in [-0.05, 0) is 62.6 Å². The van der Waals surface area contributed by atoms with Gasteiger partial charge in [0.1, 0.15) is 5.60 Å². The number of carboxylic acids is 1. The number of amides is 2. The Balaban J connectivity index is 2.10. The van der Waals surface area contributed by atoms with Gasteiger partial charge in [-0.1, -0.05) is 31.2 Å². The number of hydrogen-bond acceptors (Lipinski definition) is 4. The van der Waals surface area contributed by atoms with Gasteiger partial charge in [0.05, 0.1) is 5.56 Å². The number of benzene rings is 2. The lowest BCUT2D eigenvalue weighted by molar-refractivity contribution is 0.0133. The van der Waals surface area contributed by atoms with Crippen LogP contribution >= 0.6 is 0 Å². The summed E-state index contributed by atoms with van der Waals surface area (Å²) in [7, 11) is 0. The van der Waals surface area contributed by atoms with Gasteiger partial charge in [-0.25, -0.2) is 14.6 Å². The normalized spacial score (nSPS) is 10.9. The maximum absolute atomic E-state index is 12.5. The Morgan fingerprint density at radius 1 is 0.931 bits per heavy atom. The molecule has 2 aromatic rings. The molecule has 0 atom stereocenters. The molecule has 2 rings (SSSR count). The predicted octanol–water partition coefficient (Wildman–Crippen LogP) is 4.34. The van der Waals surface area contributed by atoms with E-state index in [4.69, 9.17) is 9.84 Å². The van der Waals surface area contributed by atoms with Gasteiger partial charge in [-0.15, -0.1) is 0 Å². The molecule has 7 nitrogen and oxygen atoms in total. The van der Waals surface area contributed by atoms with E-state index in [1.165, 1.54) is 17.1 Å². The van der Waals surface area contributed by atoms with Gasteiger partial charge in [-0.3, -0.25) is 10.2 Å². The van der Waals surface area contributed by atoms with Gasteiger partial charge in [0.15, 0.2) is 0 Å². The van der Waals surface area contributed by atoms with Crippen LogP contribution in [0, 0.1) is 0 Å². The number of nitrogens with one attached hydrogen (secondary N) is 1. The highest BCUT2D eigenvalue weighted by Crippen LogP contribution is 2.20. The van der Waals surface area contributed by atoms with Crippen molar-refractivity contribution >= 4 is 18.0 Å². The van der Waals surface area contributed by atoms with Crippen LogP contribution in [-0.4, -0.2) is 40.2 Å². The molecule has 2 aromatic carbocycles. The summed E-state index contributed by atoms with van der Waals surface area (Å²) in [5, 5.41) is 10.1. The van der Waals surface area contributed by atoms with E-state index in [-0.39, 0.29) is 5.56 Å². The number of rotatable bonds is 5. The SMILES string of the molecule is CCCN(NC(=O)c1ccc(-c2ccc(C(=O)O)cc2)cc1)C(=O)OC(C)(C)C. The van der Waals surface area contributed by atoms with Crippen molar-refractivity contribution in [3.05, 3.63) is 59.7 Å². The third-order valence-electron chi connectivity index (χ3n) is 3.91. The van der Waals surface area contributed by atoms with Crippen molar-refractivity contribution in [2.45, 2.75) is 39.7 Å². The zero-order chi connectivity index (χ0) is 21.6. The number of carboxylic acid groups (broad SMARTS) is 1. The number of hydrazine groups is 1. The van der Waals surface area contributed by atoms with Crippen LogP contribution in [-0.2, 0) is 4.74 Å². The lowest BCUT2D eigenvalue weighted by atomic mass is 10.0. The summed E-state index contributed by atoms with van der Waals surface area (Å²) in [4.78, 5) is 35.8. The highest BCUT2D eigenvalue weighted by molar-refractivity contribution is 5.95. The average Bonchev–Trinajstić information content (AvgIpc) is 2.66. The minimum Gasteiger partial charge on any atom is -0.478 e. The second kappa shape index (κ2) is 9.23. The summed E-state index contributed by atoms with van der Waals surface area (Å²) in [6, 6.07) is 13.3. The molecule has 0 aliphatic heterocycles. The molecular weight excluding hydrogens is 372 g/mol. The Morgan fingerprint density at radius 3 is 1.83 bits per heavy atom. The molecule has 154 valence electrons. The molecule has 0 fully saturated rings. The first-order chi connectivity index (χ1) is 13.6. The van der Waals surface area contributed by atoms with E-state index >= 15 is 0 Å². The van der Waals surface area contributed by atoms with Crippen LogP contribution in [0.1, 0.15) is 54.8 Å². The van der Waals surface area contributed by atoms with Crippen molar-refractivity contribution in [2.24, 2.45) is 0 Å². The van der Waals surface area contributed by atoms with Crippen molar-refractivity contribution in [1.29, 1.82) is 0 Å². The third-order valence-corrected chi connectivity index (χ3v) is 3.91. The van der Waals surface area contributed by atoms with E-state index in [1.54, 1.807) is 57.2 Å². The van der Waals surface area contributed by atoms with Gasteiger partial charge in [0, 0.05) is 12.1 Å². The molecule has 2 amide bonds. The van der Waals surface area contributed by atoms with Crippen LogP contribution in [0.25, 0.3) is 11.1 Å². The number of hydrogen-bond donors (Lipinski definition) is 2. The van der Waals surface area contributed by atoms with Crippen LogP contribution in [0.15, 0.2) is 48.5 Å². The first-order valence-corrected chi connectivity index (χ1v) is 9.36. The Hall–Kier alpha value is -3.35. The van der Waals surface area contributed by atoms with E-state index in [0.717, 1.165) is 11.1 Å². The summed E-state index contributed by atoms with van der Waals surface area (Å²) in [5.74, 6) is -1.40. The second-order valence-corrected chi connectivity index (χ2v) is 7.53. The minimum absolute atomic E-state index is 0.211. The monoisotopic (exact) mass is 398 g/mol. The lowest BCUT2D eigenvalue weighted by Gasteiger charge is -2.27. The first kappa shape index (κ1) is 21.9. The number of carbonyl (C=O) groups excluding carboxylic acids is 2. The number of ether oxygens (including phenoxy) is 1. The molecule has 0 bridgehead atoms. The molecule has 0 unspecified atom stereocenters. The fourth-order valence-electron chi connectivity index (χ4n) is 2.54. The fourth-order valence-corrected chi connectivity index (χ4v) is 2.54. The van der Waals surface area contributed by atoms with Crippen LogP contribution in [0.3, 0.4) is 0 Å². The van der Waals surface area contributed by atoms with Gasteiger partial charge in [0.25, 0.3) is 5.91 Å². The van der Waals surface area contributed by atoms with Crippen molar-refractivity contribution in [3.63, 3.8) is 0 Å². The fraction of sp³-hybridized carbons (Fsp3) is 0.318. The van der Waals surface area contributed by atoms with Crippen molar-refractivity contribution < 1.29 is 24.2 Å². The predicted molar refractivity (Wildman–Crippen MR) is 110 cm³/mol. The summed E-state index contributed by atoms with van der Waals surface area (Å²) in [6.07, 6.45) is 0.0491. The summed E-state index contributed by atoms with van der Waals surface area (Å²) in [6.45, 7) is 7.51. The van der Waals surface area contributed by atoms with E-state index in [1.807, 2.05) is 6.92 Å². The highest BCUT2D eigenvalue weighted by atomic mass is 16.6. The molecular formula is C22H26N2O5. The maximum atomic E-state index is 12.5. The van der Waals surface area contributed by atoms with Gasteiger partial charge in [-0.2, -0.15) is 0 Å². The van der Waals surface area contributed by atoms with Crippen molar-refractivity contribution in [2.75, 3.05) is 6.54 Å². The summed E-state index contributed by atoms with van der Waals surface area (Å²) in [5.41, 5.74) is 4.21. The zero-order valence-electron chi connectivity index (χ0n) is 17.1. The Kier molecular flexibility index (Phi) is 6.98. The Bertz CT molecular complexity index is 868. The number of carbonyl (C=O) groups is 3. The van der Waals surface area contributed by atoms with E-state index in [2.05, 4.69) is 5.43 Å². The van der Waals surface area contributed by atoms with E-state index in [0.29, 0.717) is 18.5 Å². The van der Waals surface area contributed by atoms with Crippen LogP contribution < -0.4 is 5.43 Å². The van der Waals surface area contributed by atoms with Gasteiger partial charge < -0.3 is 9.84 Å². The molecule has 0 aliphatic rings. The Morgan fingerprint density at radius 2 is 1.41 bits per heavy atom. The molecule has 0 radical (unpaired) electrons. The molecule has 0 spiro atoms. The smallest absolute Gasteiger partial charge is 0.429 e. The topological polar surface area (TPSA) is 95.9 Å². The molecule has 29 heavy (non-hydrogen) atoms. The van der Waals surface area contributed by atoms with E-state index < -0.39 is 23.6 Å². The molecule has 2 N–H and O–H groups in total. The van der Waals surface area contributed by atoms with Crippen molar-refractivity contribution in [1.82, 2.24) is 10.4 Å². The highest BCUT2D eigenvalue weighted by Gasteiger charge is 2.23. The number of aromatic carboxylic acids is 1. The standard InChI is InChI=1S/C22H26N2O5/c1-5-14-24(21(28)29-22(2,3)4)23-19(25)17-10-6-15(7-11-17)16-8-12-18(13-9-16)20(26)27/h6-13H,5,14H2,1-4H3,(H,23,25)(H,26,27). The first-order valence-electron chi connectivity index (χ1n) is 9.36. The molecule has 7 heteroatoms.